The van der Waals surface area contributed by atoms with Gasteiger partial charge in [0.25, 0.3) is 0 Å². The average molecular weight is 215 g/mol. The summed E-state index contributed by atoms with van der Waals surface area (Å²) >= 11 is 1.33. The minimum Gasteiger partial charge on any atom is -0.465 e. The molecule has 1 heterocycles. The number of hydrogen-bond acceptors (Lipinski definition) is 5. The van der Waals surface area contributed by atoms with Crippen LogP contribution in [0.3, 0.4) is 0 Å². The number of thiophene rings is 1. The summed E-state index contributed by atoms with van der Waals surface area (Å²) < 4.78 is 4.55. The van der Waals surface area contributed by atoms with Gasteiger partial charge in [-0.1, -0.05) is 0 Å². The van der Waals surface area contributed by atoms with Crippen LogP contribution in [0.5, 0.6) is 0 Å². The number of carbonyl (C=O) groups is 1. The summed E-state index contributed by atoms with van der Waals surface area (Å²) in [5.41, 5.74) is 5.79. The van der Waals surface area contributed by atoms with Crippen molar-refractivity contribution in [1.82, 2.24) is 0 Å². The number of esters is 1. The van der Waals surface area contributed by atoms with E-state index in [0.29, 0.717) is 18.5 Å². The van der Waals surface area contributed by atoms with Crippen molar-refractivity contribution in [3.05, 3.63) is 21.9 Å². The van der Waals surface area contributed by atoms with Gasteiger partial charge in [-0.25, -0.2) is 4.79 Å². The minimum atomic E-state index is -0.580. The Balaban J connectivity index is 2.72. The van der Waals surface area contributed by atoms with Crippen molar-refractivity contribution in [3.63, 3.8) is 0 Å². The third-order valence-corrected chi connectivity index (χ3v) is 2.84. The Morgan fingerprint density at radius 1 is 1.79 bits per heavy atom. The lowest BCUT2D eigenvalue weighted by molar-refractivity contribution is 0.0601. The molecule has 0 bridgehead atoms. The molecule has 0 spiro atoms. The SMILES string of the molecule is COC(=O)c1csc([C@H](O)CCN)c1. The monoisotopic (exact) mass is 215 g/mol. The topological polar surface area (TPSA) is 72.5 Å². The maximum atomic E-state index is 11.1. The van der Waals surface area contributed by atoms with Gasteiger partial charge < -0.3 is 15.6 Å². The summed E-state index contributed by atoms with van der Waals surface area (Å²) in [4.78, 5) is 11.8. The minimum absolute atomic E-state index is 0.382. The van der Waals surface area contributed by atoms with Crippen molar-refractivity contribution in [1.29, 1.82) is 0 Å². The molecule has 14 heavy (non-hydrogen) atoms. The van der Waals surface area contributed by atoms with E-state index in [1.165, 1.54) is 18.4 Å². The van der Waals surface area contributed by atoms with Crippen molar-refractivity contribution in [2.75, 3.05) is 13.7 Å². The maximum absolute atomic E-state index is 11.1. The molecule has 1 rings (SSSR count). The molecule has 4 nitrogen and oxygen atoms in total. The number of aliphatic hydroxyl groups is 1. The summed E-state index contributed by atoms with van der Waals surface area (Å²) in [6.45, 7) is 0.423. The Morgan fingerprint density at radius 2 is 2.50 bits per heavy atom. The highest BCUT2D eigenvalue weighted by molar-refractivity contribution is 7.10. The van der Waals surface area contributed by atoms with Gasteiger partial charge in [0.15, 0.2) is 0 Å². The molecule has 5 heteroatoms. The number of aliphatic hydroxyl groups excluding tert-OH is 1. The van der Waals surface area contributed by atoms with Gasteiger partial charge in [0, 0.05) is 10.3 Å². The molecule has 1 atom stereocenters. The highest BCUT2D eigenvalue weighted by atomic mass is 32.1. The first-order valence-corrected chi connectivity index (χ1v) is 5.12. The first-order chi connectivity index (χ1) is 6.69. The molecule has 0 saturated carbocycles. The van der Waals surface area contributed by atoms with Crippen molar-refractivity contribution in [2.24, 2.45) is 5.73 Å². The van der Waals surface area contributed by atoms with E-state index in [1.54, 1.807) is 11.4 Å². The molecule has 0 amide bonds. The van der Waals surface area contributed by atoms with Gasteiger partial charge in [-0.15, -0.1) is 11.3 Å². The zero-order valence-electron chi connectivity index (χ0n) is 7.90. The van der Waals surface area contributed by atoms with E-state index in [-0.39, 0.29) is 5.97 Å². The van der Waals surface area contributed by atoms with Crippen LogP contribution in [0.2, 0.25) is 0 Å². The normalized spacial score (nSPS) is 12.5. The highest BCUT2D eigenvalue weighted by Crippen LogP contribution is 2.24. The van der Waals surface area contributed by atoms with Crippen molar-refractivity contribution in [2.45, 2.75) is 12.5 Å². The molecule has 0 unspecified atom stereocenters. The Bertz CT molecular complexity index is 311. The van der Waals surface area contributed by atoms with Crippen LogP contribution in [-0.4, -0.2) is 24.7 Å². The summed E-state index contributed by atoms with van der Waals surface area (Å²) in [7, 11) is 1.33. The Morgan fingerprint density at radius 3 is 3.07 bits per heavy atom. The van der Waals surface area contributed by atoms with E-state index in [9.17, 15) is 9.90 Å². The zero-order chi connectivity index (χ0) is 10.6. The first-order valence-electron chi connectivity index (χ1n) is 4.24. The van der Waals surface area contributed by atoms with Crippen LogP contribution in [-0.2, 0) is 4.74 Å². The smallest absolute Gasteiger partial charge is 0.338 e. The third-order valence-electron chi connectivity index (χ3n) is 1.81. The fourth-order valence-corrected chi connectivity index (χ4v) is 1.95. The number of carbonyl (C=O) groups excluding carboxylic acids is 1. The van der Waals surface area contributed by atoms with Crippen molar-refractivity contribution < 1.29 is 14.6 Å². The second-order valence-corrected chi connectivity index (χ2v) is 3.77. The molecule has 1 aromatic heterocycles. The lowest BCUT2D eigenvalue weighted by Crippen LogP contribution is -2.05. The van der Waals surface area contributed by atoms with E-state index < -0.39 is 6.10 Å². The lowest BCUT2D eigenvalue weighted by Gasteiger charge is -2.04. The van der Waals surface area contributed by atoms with Crippen molar-refractivity contribution >= 4 is 17.3 Å². The quantitative estimate of drug-likeness (QED) is 0.732. The number of ether oxygens (including phenoxy) is 1. The largest absolute Gasteiger partial charge is 0.465 e. The highest BCUT2D eigenvalue weighted by Gasteiger charge is 2.13. The van der Waals surface area contributed by atoms with Crippen LogP contribution < -0.4 is 5.73 Å². The number of methoxy groups -OCH3 is 1. The van der Waals surface area contributed by atoms with Gasteiger partial charge >= 0.3 is 5.97 Å². The van der Waals surface area contributed by atoms with Gasteiger partial charge in [-0.3, -0.25) is 0 Å². The molecule has 1 aromatic rings. The molecular weight excluding hydrogens is 202 g/mol. The van der Waals surface area contributed by atoms with Crippen LogP contribution in [0.25, 0.3) is 0 Å². The summed E-state index contributed by atoms with van der Waals surface area (Å²) in [6.07, 6.45) is -0.0791. The zero-order valence-corrected chi connectivity index (χ0v) is 8.71. The Hall–Kier alpha value is -0.910. The van der Waals surface area contributed by atoms with Crippen LogP contribution in [0, 0.1) is 0 Å². The fraction of sp³-hybridized carbons (Fsp3) is 0.444. The Labute approximate surface area is 86.3 Å². The molecule has 0 radical (unpaired) electrons. The molecule has 78 valence electrons. The van der Waals surface area contributed by atoms with Gasteiger partial charge in [0.2, 0.25) is 0 Å². The van der Waals surface area contributed by atoms with Gasteiger partial charge in [-0.05, 0) is 19.0 Å². The summed E-state index contributed by atoms with van der Waals surface area (Å²) in [6, 6.07) is 1.64. The molecule has 0 saturated heterocycles. The van der Waals surface area contributed by atoms with Crippen molar-refractivity contribution in [3.8, 4) is 0 Å². The third kappa shape index (κ3) is 2.54. The van der Waals surface area contributed by atoms with Crippen LogP contribution in [0.15, 0.2) is 11.4 Å². The van der Waals surface area contributed by atoms with Crippen LogP contribution in [0.4, 0.5) is 0 Å². The first kappa shape index (κ1) is 11.2. The van der Waals surface area contributed by atoms with Gasteiger partial charge in [0.1, 0.15) is 0 Å². The second-order valence-electron chi connectivity index (χ2n) is 2.82. The molecule has 3 N–H and O–H groups in total. The maximum Gasteiger partial charge on any atom is 0.338 e. The molecule has 0 aliphatic carbocycles. The summed E-state index contributed by atoms with van der Waals surface area (Å²) in [5, 5.41) is 11.2. The number of nitrogens with two attached hydrogens (primary N) is 1. The fourth-order valence-electron chi connectivity index (χ4n) is 1.05. The molecule has 0 fully saturated rings. The van der Waals surface area contributed by atoms with E-state index in [0.717, 1.165) is 4.88 Å². The average Bonchev–Trinajstić information content (AvgIpc) is 2.66. The van der Waals surface area contributed by atoms with E-state index in [2.05, 4.69) is 4.74 Å². The van der Waals surface area contributed by atoms with Crippen LogP contribution >= 0.6 is 11.3 Å². The Kier molecular flexibility index (Phi) is 4.06. The van der Waals surface area contributed by atoms with Gasteiger partial charge in [0.05, 0.1) is 18.8 Å². The van der Waals surface area contributed by atoms with E-state index in [4.69, 9.17) is 5.73 Å². The molecule has 0 aliphatic heterocycles. The standard InChI is InChI=1S/C9H13NO3S/c1-13-9(12)6-4-8(14-5-6)7(11)2-3-10/h4-5,7,11H,2-3,10H2,1H3/t7-/m1/s1. The molecular formula is C9H13NO3S. The second kappa shape index (κ2) is 5.09. The predicted octanol–water partition coefficient (Wildman–Crippen LogP) is 0.917. The predicted molar refractivity (Wildman–Crippen MR) is 54.3 cm³/mol. The summed E-state index contributed by atoms with van der Waals surface area (Å²) in [5.74, 6) is -0.382. The van der Waals surface area contributed by atoms with E-state index in [1.807, 2.05) is 0 Å². The lowest BCUT2D eigenvalue weighted by atomic mass is 10.2. The van der Waals surface area contributed by atoms with Gasteiger partial charge in [-0.2, -0.15) is 0 Å². The molecule has 0 aromatic carbocycles. The van der Waals surface area contributed by atoms with Crippen LogP contribution in [0.1, 0.15) is 27.8 Å². The number of rotatable bonds is 4. The molecule has 0 aliphatic rings. The van der Waals surface area contributed by atoms with E-state index >= 15 is 0 Å². The number of hydrogen-bond donors (Lipinski definition) is 2.